The van der Waals surface area contributed by atoms with Crippen molar-refractivity contribution in [2.24, 2.45) is 0 Å². The molecule has 0 saturated heterocycles. The Balaban J connectivity index is 1.65. The third kappa shape index (κ3) is 3.56. The van der Waals surface area contributed by atoms with Gasteiger partial charge in [-0.3, -0.25) is 0 Å². The van der Waals surface area contributed by atoms with E-state index >= 15 is 0 Å². The number of aryl methyl sites for hydroxylation is 1. The standard InChI is InChI=1S/C25H22O2S/c1-28(2)16-4-7-24(28)22-6-3-5-20-13-12-19(17-23(20)22)9-8-18-10-14-21(15-11-18)25(26)27/h4,6-7,10-17H,3,5H2,1-2H3,(H,26,27). The van der Waals surface area contributed by atoms with Gasteiger partial charge in [0.15, 0.2) is 0 Å². The molecular weight excluding hydrogens is 364 g/mol. The Morgan fingerprint density at radius 2 is 1.75 bits per heavy atom. The zero-order valence-corrected chi connectivity index (χ0v) is 16.8. The summed E-state index contributed by atoms with van der Waals surface area (Å²) in [7, 11) is -0.880. The minimum Gasteiger partial charge on any atom is -0.478 e. The number of carboxylic acids is 1. The van der Waals surface area contributed by atoms with E-state index in [4.69, 9.17) is 5.11 Å². The van der Waals surface area contributed by atoms with Gasteiger partial charge < -0.3 is 5.11 Å². The first-order chi connectivity index (χ1) is 13.4. The lowest BCUT2D eigenvalue weighted by Crippen LogP contribution is -2.04. The summed E-state index contributed by atoms with van der Waals surface area (Å²) in [5.41, 5.74) is 6.12. The average molecular weight is 387 g/mol. The van der Waals surface area contributed by atoms with Gasteiger partial charge in [0.05, 0.1) is 5.56 Å². The van der Waals surface area contributed by atoms with E-state index in [1.807, 2.05) is 0 Å². The molecule has 0 fully saturated rings. The first-order valence-electron chi connectivity index (χ1n) is 9.25. The molecule has 0 bridgehead atoms. The highest BCUT2D eigenvalue weighted by Gasteiger charge is 2.25. The van der Waals surface area contributed by atoms with Gasteiger partial charge in [0, 0.05) is 16.0 Å². The maximum Gasteiger partial charge on any atom is 0.335 e. The van der Waals surface area contributed by atoms with E-state index < -0.39 is 16.0 Å². The van der Waals surface area contributed by atoms with Crippen LogP contribution in [0.2, 0.25) is 0 Å². The monoisotopic (exact) mass is 386 g/mol. The van der Waals surface area contributed by atoms with Crippen LogP contribution in [0, 0.1) is 11.8 Å². The van der Waals surface area contributed by atoms with Crippen molar-refractivity contribution >= 4 is 21.6 Å². The molecule has 1 heterocycles. The molecule has 0 unspecified atom stereocenters. The molecule has 0 aromatic heterocycles. The SMILES string of the molecule is CS1(C)C=CC=C1C1=CCCc2ccc(C#Cc3ccc(C(=O)O)cc3)cc21. The Morgan fingerprint density at radius 3 is 2.43 bits per heavy atom. The number of fused-ring (bicyclic) bond motifs is 1. The number of hydrogen-bond donors (Lipinski definition) is 1. The maximum atomic E-state index is 11.0. The van der Waals surface area contributed by atoms with Gasteiger partial charge in [-0.05, 0) is 89.9 Å². The summed E-state index contributed by atoms with van der Waals surface area (Å²) < 4.78 is 0. The molecule has 4 rings (SSSR count). The summed E-state index contributed by atoms with van der Waals surface area (Å²) in [5, 5.41) is 11.3. The van der Waals surface area contributed by atoms with Crippen molar-refractivity contribution in [3.63, 3.8) is 0 Å². The molecule has 2 nitrogen and oxygen atoms in total. The van der Waals surface area contributed by atoms with Crippen LogP contribution in [0.3, 0.4) is 0 Å². The largest absolute Gasteiger partial charge is 0.478 e. The Hall–Kier alpha value is -2.96. The van der Waals surface area contributed by atoms with Crippen molar-refractivity contribution in [2.45, 2.75) is 12.8 Å². The fraction of sp³-hybridized carbons (Fsp3) is 0.160. The zero-order chi connectivity index (χ0) is 19.7. The van der Waals surface area contributed by atoms with Crippen LogP contribution in [0.25, 0.3) is 5.57 Å². The lowest BCUT2D eigenvalue weighted by molar-refractivity contribution is 0.0697. The molecule has 3 heteroatoms. The van der Waals surface area contributed by atoms with Crippen molar-refractivity contribution in [2.75, 3.05) is 12.5 Å². The van der Waals surface area contributed by atoms with Crippen LogP contribution in [-0.4, -0.2) is 23.6 Å². The number of carboxylic acid groups (broad SMARTS) is 1. The van der Waals surface area contributed by atoms with E-state index in [0.717, 1.165) is 24.0 Å². The minimum atomic E-state index is -0.922. The van der Waals surface area contributed by atoms with Gasteiger partial charge in [-0.1, -0.05) is 30.1 Å². The molecule has 1 N–H and O–H groups in total. The molecule has 1 aliphatic heterocycles. The number of carbonyl (C=O) groups is 1. The fourth-order valence-electron chi connectivity index (χ4n) is 3.62. The van der Waals surface area contributed by atoms with Gasteiger partial charge in [-0.25, -0.2) is 4.79 Å². The molecule has 0 spiro atoms. The van der Waals surface area contributed by atoms with Crippen molar-refractivity contribution in [3.05, 3.63) is 98.8 Å². The molecule has 0 atom stereocenters. The van der Waals surface area contributed by atoms with Crippen LogP contribution < -0.4 is 0 Å². The molecule has 0 saturated carbocycles. The molecule has 28 heavy (non-hydrogen) atoms. The van der Waals surface area contributed by atoms with Crippen LogP contribution in [0.15, 0.2) is 71.0 Å². The summed E-state index contributed by atoms with van der Waals surface area (Å²) in [6.07, 6.45) is 13.6. The molecule has 0 radical (unpaired) electrons. The van der Waals surface area contributed by atoms with Crippen LogP contribution in [0.1, 0.15) is 39.0 Å². The third-order valence-corrected chi connectivity index (χ3v) is 7.47. The van der Waals surface area contributed by atoms with Crippen LogP contribution in [-0.2, 0) is 6.42 Å². The van der Waals surface area contributed by atoms with Crippen molar-refractivity contribution in [1.29, 1.82) is 0 Å². The Kier molecular flexibility index (Phi) is 4.75. The normalized spacial score (nSPS) is 17.6. The van der Waals surface area contributed by atoms with Gasteiger partial charge >= 0.3 is 5.97 Å². The number of benzene rings is 2. The first kappa shape index (κ1) is 18.4. The first-order valence-corrected chi connectivity index (χ1v) is 11.8. The smallest absolute Gasteiger partial charge is 0.335 e. The van der Waals surface area contributed by atoms with Crippen molar-refractivity contribution in [1.82, 2.24) is 0 Å². The van der Waals surface area contributed by atoms with Gasteiger partial charge in [-0.2, -0.15) is 10.0 Å². The molecule has 2 aliphatic rings. The summed E-state index contributed by atoms with van der Waals surface area (Å²) >= 11 is 0. The average Bonchev–Trinajstić information content (AvgIpc) is 3.05. The van der Waals surface area contributed by atoms with Gasteiger partial charge in [0.1, 0.15) is 0 Å². The van der Waals surface area contributed by atoms with E-state index in [-0.39, 0.29) is 5.56 Å². The predicted molar refractivity (Wildman–Crippen MR) is 119 cm³/mol. The quantitative estimate of drug-likeness (QED) is 0.683. The lowest BCUT2D eigenvalue weighted by Gasteiger charge is -2.31. The highest BCUT2D eigenvalue weighted by atomic mass is 32.3. The minimum absolute atomic E-state index is 0.276. The highest BCUT2D eigenvalue weighted by Crippen LogP contribution is 2.58. The summed E-state index contributed by atoms with van der Waals surface area (Å²) in [4.78, 5) is 12.4. The lowest BCUT2D eigenvalue weighted by atomic mass is 9.89. The Labute approximate surface area is 167 Å². The summed E-state index contributed by atoms with van der Waals surface area (Å²) in [5.74, 6) is 5.47. The summed E-state index contributed by atoms with van der Waals surface area (Å²) in [6.45, 7) is 0. The molecule has 2 aromatic rings. The van der Waals surface area contributed by atoms with Crippen LogP contribution >= 0.6 is 10.0 Å². The van der Waals surface area contributed by atoms with Crippen molar-refractivity contribution in [3.8, 4) is 11.8 Å². The molecule has 140 valence electrons. The van der Waals surface area contributed by atoms with E-state index in [0.29, 0.717) is 0 Å². The van der Waals surface area contributed by atoms with Gasteiger partial charge in [0.25, 0.3) is 0 Å². The topological polar surface area (TPSA) is 37.3 Å². The number of rotatable bonds is 2. The third-order valence-electron chi connectivity index (χ3n) is 5.14. The van der Waals surface area contributed by atoms with Crippen LogP contribution in [0.4, 0.5) is 0 Å². The highest BCUT2D eigenvalue weighted by molar-refractivity contribution is 8.38. The second-order valence-electron chi connectivity index (χ2n) is 7.43. The molecule has 0 amide bonds. The number of allylic oxidation sites excluding steroid dienone is 4. The van der Waals surface area contributed by atoms with E-state index in [9.17, 15) is 4.79 Å². The molecule has 1 aliphatic carbocycles. The zero-order valence-electron chi connectivity index (χ0n) is 16.0. The van der Waals surface area contributed by atoms with E-state index in [1.165, 1.54) is 21.6 Å². The predicted octanol–water partition coefficient (Wildman–Crippen LogP) is 5.59. The van der Waals surface area contributed by atoms with E-state index in [1.54, 1.807) is 24.3 Å². The molecular formula is C25H22O2S. The van der Waals surface area contributed by atoms with Crippen molar-refractivity contribution < 1.29 is 9.90 Å². The van der Waals surface area contributed by atoms with E-state index in [2.05, 4.69) is 66.2 Å². The number of hydrogen-bond acceptors (Lipinski definition) is 1. The maximum absolute atomic E-state index is 11.0. The van der Waals surface area contributed by atoms with Gasteiger partial charge in [0.2, 0.25) is 0 Å². The second-order valence-corrected chi connectivity index (χ2v) is 10.9. The summed E-state index contributed by atoms with van der Waals surface area (Å²) in [6, 6.07) is 13.2. The fourth-order valence-corrected chi connectivity index (χ4v) is 5.43. The number of aromatic carboxylic acids is 1. The second kappa shape index (κ2) is 7.22. The molecule has 2 aromatic carbocycles. The van der Waals surface area contributed by atoms with Crippen LogP contribution in [0.5, 0.6) is 0 Å². The van der Waals surface area contributed by atoms with Gasteiger partial charge in [-0.15, -0.1) is 0 Å². The Bertz CT molecular complexity index is 1100. The Morgan fingerprint density at radius 1 is 1.04 bits per heavy atom.